The van der Waals surface area contributed by atoms with Gasteiger partial charge in [0, 0.05) is 30.1 Å². The molecule has 25 heavy (non-hydrogen) atoms. The molecule has 0 amide bonds. The van der Waals surface area contributed by atoms with Gasteiger partial charge in [-0.25, -0.2) is 4.98 Å². The standard InChI is InChI=1S/C19H20ClN5/c1-3-13(2)22-19-24-17(14-8-10-21-11-9-14)12-18(25-19)23-16-7-5-4-6-15(16)20/h4-13H,3H2,1-2H3,(H2,22,23,24,25)/t13-/m0/s1. The van der Waals surface area contributed by atoms with Crippen molar-refractivity contribution in [3.8, 4) is 11.3 Å². The van der Waals surface area contributed by atoms with Crippen LogP contribution in [0, 0.1) is 0 Å². The van der Waals surface area contributed by atoms with Gasteiger partial charge >= 0.3 is 0 Å². The van der Waals surface area contributed by atoms with Crippen LogP contribution < -0.4 is 10.6 Å². The van der Waals surface area contributed by atoms with Crippen LogP contribution in [0.25, 0.3) is 11.3 Å². The quantitative estimate of drug-likeness (QED) is 0.642. The van der Waals surface area contributed by atoms with E-state index in [1.54, 1.807) is 12.4 Å². The van der Waals surface area contributed by atoms with Crippen LogP contribution in [0.2, 0.25) is 5.02 Å². The van der Waals surface area contributed by atoms with Crippen LogP contribution in [0.5, 0.6) is 0 Å². The molecule has 0 fully saturated rings. The average molecular weight is 354 g/mol. The molecule has 5 nitrogen and oxygen atoms in total. The average Bonchev–Trinajstić information content (AvgIpc) is 2.64. The maximum Gasteiger partial charge on any atom is 0.225 e. The van der Waals surface area contributed by atoms with E-state index in [1.165, 1.54) is 0 Å². The smallest absolute Gasteiger partial charge is 0.225 e. The lowest BCUT2D eigenvalue weighted by molar-refractivity contribution is 0.753. The molecule has 2 N–H and O–H groups in total. The summed E-state index contributed by atoms with van der Waals surface area (Å²) in [5.74, 6) is 1.26. The van der Waals surface area contributed by atoms with Gasteiger partial charge in [-0.3, -0.25) is 4.98 Å². The summed E-state index contributed by atoms with van der Waals surface area (Å²) in [6, 6.07) is 13.6. The normalized spacial score (nSPS) is 11.8. The van der Waals surface area contributed by atoms with Crippen LogP contribution in [-0.4, -0.2) is 21.0 Å². The zero-order valence-electron chi connectivity index (χ0n) is 14.2. The molecule has 2 heterocycles. The molecular formula is C19H20ClN5. The minimum atomic E-state index is 0.279. The summed E-state index contributed by atoms with van der Waals surface area (Å²) in [5.41, 5.74) is 2.60. The van der Waals surface area contributed by atoms with E-state index in [2.05, 4.69) is 39.4 Å². The van der Waals surface area contributed by atoms with E-state index >= 15 is 0 Å². The minimum absolute atomic E-state index is 0.279. The van der Waals surface area contributed by atoms with Crippen LogP contribution >= 0.6 is 11.6 Å². The van der Waals surface area contributed by atoms with E-state index in [-0.39, 0.29) is 6.04 Å². The van der Waals surface area contributed by atoms with Crippen molar-refractivity contribution < 1.29 is 0 Å². The molecule has 0 unspecified atom stereocenters. The molecule has 0 bridgehead atoms. The highest BCUT2D eigenvalue weighted by Gasteiger charge is 2.10. The number of hydrogen-bond acceptors (Lipinski definition) is 5. The maximum atomic E-state index is 6.25. The fourth-order valence-corrected chi connectivity index (χ4v) is 2.45. The number of aromatic nitrogens is 3. The topological polar surface area (TPSA) is 62.7 Å². The summed E-state index contributed by atoms with van der Waals surface area (Å²) >= 11 is 6.25. The molecule has 6 heteroatoms. The van der Waals surface area contributed by atoms with Crippen molar-refractivity contribution in [3.05, 3.63) is 59.9 Å². The highest BCUT2D eigenvalue weighted by atomic mass is 35.5. The summed E-state index contributed by atoms with van der Waals surface area (Å²) in [5, 5.41) is 7.25. The Labute approximate surface area is 152 Å². The Balaban J connectivity index is 1.99. The van der Waals surface area contributed by atoms with Crippen LogP contribution in [0.15, 0.2) is 54.9 Å². The fraction of sp³-hybridized carbons (Fsp3) is 0.211. The van der Waals surface area contributed by atoms with Crippen molar-refractivity contribution in [2.75, 3.05) is 10.6 Å². The Kier molecular flexibility index (Phi) is 5.46. The summed E-state index contributed by atoms with van der Waals surface area (Å²) in [4.78, 5) is 13.3. The molecule has 0 aliphatic carbocycles. The molecular weight excluding hydrogens is 334 g/mol. The largest absolute Gasteiger partial charge is 0.352 e. The molecule has 1 atom stereocenters. The van der Waals surface area contributed by atoms with Gasteiger partial charge in [0.15, 0.2) is 0 Å². The Bertz CT molecular complexity index is 838. The third-order valence-electron chi connectivity index (χ3n) is 3.83. The predicted molar refractivity (Wildman–Crippen MR) is 103 cm³/mol. The lowest BCUT2D eigenvalue weighted by Gasteiger charge is -2.15. The number of para-hydroxylation sites is 1. The number of nitrogens with zero attached hydrogens (tertiary/aromatic N) is 3. The van der Waals surface area contributed by atoms with Crippen molar-refractivity contribution in [2.24, 2.45) is 0 Å². The van der Waals surface area contributed by atoms with Gasteiger partial charge in [0.05, 0.1) is 16.4 Å². The van der Waals surface area contributed by atoms with Crippen molar-refractivity contribution in [1.82, 2.24) is 15.0 Å². The Hall–Kier alpha value is -2.66. The fourth-order valence-electron chi connectivity index (χ4n) is 2.27. The van der Waals surface area contributed by atoms with Crippen molar-refractivity contribution in [1.29, 1.82) is 0 Å². The highest BCUT2D eigenvalue weighted by molar-refractivity contribution is 6.33. The Morgan fingerprint density at radius 2 is 1.84 bits per heavy atom. The van der Waals surface area contributed by atoms with Gasteiger partial charge in [0.1, 0.15) is 5.82 Å². The monoisotopic (exact) mass is 353 g/mol. The summed E-state index contributed by atoms with van der Waals surface area (Å²) in [6.07, 6.45) is 4.48. The first-order chi connectivity index (χ1) is 12.2. The number of nitrogens with one attached hydrogen (secondary N) is 2. The molecule has 0 saturated carbocycles. The van der Waals surface area contributed by atoms with E-state index in [0.717, 1.165) is 23.4 Å². The van der Waals surface area contributed by atoms with E-state index in [0.29, 0.717) is 16.8 Å². The second-order valence-electron chi connectivity index (χ2n) is 5.76. The van der Waals surface area contributed by atoms with Crippen LogP contribution in [-0.2, 0) is 0 Å². The second kappa shape index (κ2) is 7.94. The van der Waals surface area contributed by atoms with Gasteiger partial charge in [-0.05, 0) is 37.6 Å². The molecule has 3 aromatic rings. The summed E-state index contributed by atoms with van der Waals surface area (Å²) in [7, 11) is 0. The first kappa shape index (κ1) is 17.2. The molecule has 1 aromatic carbocycles. The molecule has 0 radical (unpaired) electrons. The zero-order chi connectivity index (χ0) is 17.6. The molecule has 0 saturated heterocycles. The van der Waals surface area contributed by atoms with Crippen LogP contribution in [0.3, 0.4) is 0 Å². The third-order valence-corrected chi connectivity index (χ3v) is 4.16. The van der Waals surface area contributed by atoms with Crippen molar-refractivity contribution in [2.45, 2.75) is 26.3 Å². The number of halogens is 1. The number of benzene rings is 1. The van der Waals surface area contributed by atoms with E-state index in [4.69, 9.17) is 11.6 Å². The second-order valence-corrected chi connectivity index (χ2v) is 6.16. The van der Waals surface area contributed by atoms with Crippen LogP contribution in [0.1, 0.15) is 20.3 Å². The summed E-state index contributed by atoms with van der Waals surface area (Å²) in [6.45, 7) is 4.22. The number of pyridine rings is 1. The third kappa shape index (κ3) is 4.45. The molecule has 0 spiro atoms. The van der Waals surface area contributed by atoms with Gasteiger partial charge in [0.2, 0.25) is 5.95 Å². The van der Waals surface area contributed by atoms with E-state index < -0.39 is 0 Å². The van der Waals surface area contributed by atoms with Crippen molar-refractivity contribution in [3.63, 3.8) is 0 Å². The molecule has 0 aliphatic rings. The minimum Gasteiger partial charge on any atom is -0.352 e. The van der Waals surface area contributed by atoms with Gasteiger partial charge in [0.25, 0.3) is 0 Å². The first-order valence-corrected chi connectivity index (χ1v) is 8.61. The van der Waals surface area contributed by atoms with Gasteiger partial charge < -0.3 is 10.6 Å². The molecule has 0 aliphatic heterocycles. The SMILES string of the molecule is CC[C@H](C)Nc1nc(Nc2ccccc2Cl)cc(-c2ccncc2)n1. The van der Waals surface area contributed by atoms with Gasteiger partial charge in [-0.1, -0.05) is 30.7 Å². The lowest BCUT2D eigenvalue weighted by Crippen LogP contribution is -2.16. The Morgan fingerprint density at radius 1 is 1.08 bits per heavy atom. The molecule has 3 rings (SSSR count). The maximum absolute atomic E-state index is 6.25. The first-order valence-electron chi connectivity index (χ1n) is 8.23. The predicted octanol–water partition coefficient (Wildman–Crippen LogP) is 5.15. The number of hydrogen-bond donors (Lipinski definition) is 2. The highest BCUT2D eigenvalue weighted by Crippen LogP contribution is 2.27. The number of rotatable bonds is 6. The lowest BCUT2D eigenvalue weighted by atomic mass is 10.2. The van der Waals surface area contributed by atoms with E-state index in [9.17, 15) is 0 Å². The molecule has 128 valence electrons. The zero-order valence-corrected chi connectivity index (χ0v) is 15.0. The summed E-state index contributed by atoms with van der Waals surface area (Å²) < 4.78 is 0. The van der Waals surface area contributed by atoms with Crippen molar-refractivity contribution >= 4 is 29.1 Å². The Morgan fingerprint density at radius 3 is 2.56 bits per heavy atom. The van der Waals surface area contributed by atoms with Gasteiger partial charge in [-0.15, -0.1) is 0 Å². The number of anilines is 3. The van der Waals surface area contributed by atoms with Crippen LogP contribution in [0.4, 0.5) is 17.5 Å². The van der Waals surface area contributed by atoms with E-state index in [1.807, 2.05) is 42.5 Å². The molecule has 2 aromatic heterocycles. The van der Waals surface area contributed by atoms with Gasteiger partial charge in [-0.2, -0.15) is 4.98 Å².